The molecule has 11 heteroatoms. The van der Waals surface area contributed by atoms with Gasteiger partial charge < -0.3 is 4.90 Å². The van der Waals surface area contributed by atoms with E-state index in [4.69, 9.17) is 11.6 Å². The van der Waals surface area contributed by atoms with Crippen LogP contribution in [0.1, 0.15) is 47.6 Å². The third-order valence-corrected chi connectivity index (χ3v) is 8.50. The lowest BCUT2D eigenvalue weighted by Crippen LogP contribution is -2.34. The molecule has 1 N–H and O–H groups in total. The number of pyridine rings is 1. The van der Waals surface area contributed by atoms with E-state index in [1.165, 1.54) is 12.1 Å². The van der Waals surface area contributed by atoms with E-state index < -0.39 is 10.1 Å². The molecule has 0 amide bonds. The summed E-state index contributed by atoms with van der Waals surface area (Å²) in [5, 5.41) is 9.85. The van der Waals surface area contributed by atoms with Crippen molar-refractivity contribution in [1.29, 1.82) is 0 Å². The number of fused-ring (bicyclic) bond motifs is 3. The molecule has 2 aliphatic rings. The molecule has 0 bridgehead atoms. The molecule has 4 aromatic rings. The first-order valence-electron chi connectivity index (χ1n) is 12.5. The van der Waals surface area contributed by atoms with E-state index in [1.54, 1.807) is 6.07 Å². The van der Waals surface area contributed by atoms with E-state index in [1.807, 2.05) is 55.7 Å². The average Bonchev–Trinajstić information content (AvgIpc) is 3.27. The highest BCUT2D eigenvalue weighted by Crippen LogP contribution is 2.40. The number of hydrogen-bond acceptors (Lipinski definition) is 7. The summed E-state index contributed by atoms with van der Waals surface area (Å²) >= 11 is 6.49. The Morgan fingerprint density at radius 1 is 1.00 bits per heavy atom. The quantitative estimate of drug-likeness (QED) is 0.371. The molecule has 1 unspecified atom stereocenters. The van der Waals surface area contributed by atoms with Gasteiger partial charge in [0.1, 0.15) is 11.6 Å². The molecule has 0 saturated carbocycles. The van der Waals surface area contributed by atoms with Crippen LogP contribution >= 0.6 is 11.6 Å². The van der Waals surface area contributed by atoms with Gasteiger partial charge in [-0.25, -0.2) is 4.98 Å². The number of hydrogen-bond donors (Lipinski definition) is 1. The number of anilines is 1. The Hall–Kier alpha value is -3.31. The van der Waals surface area contributed by atoms with Crippen molar-refractivity contribution in [3.63, 3.8) is 0 Å². The fourth-order valence-electron chi connectivity index (χ4n) is 5.65. The Balaban J connectivity index is 1.39. The molecular formula is C27H27ClN6O3S. The number of rotatable bonds is 4. The molecule has 2 aromatic heterocycles. The van der Waals surface area contributed by atoms with Crippen LogP contribution in [0.3, 0.4) is 0 Å². The van der Waals surface area contributed by atoms with Crippen molar-refractivity contribution >= 4 is 27.5 Å². The molecule has 1 fully saturated rings. The van der Waals surface area contributed by atoms with Crippen LogP contribution in [0.4, 0.5) is 5.82 Å². The van der Waals surface area contributed by atoms with Crippen molar-refractivity contribution < 1.29 is 13.0 Å². The summed E-state index contributed by atoms with van der Waals surface area (Å²) in [5.41, 5.74) is 2.57. The molecule has 0 aliphatic carbocycles. The molecule has 2 aliphatic heterocycles. The van der Waals surface area contributed by atoms with E-state index >= 15 is 0 Å². The predicted octanol–water partition coefficient (Wildman–Crippen LogP) is 4.48. The van der Waals surface area contributed by atoms with Crippen molar-refractivity contribution in [2.45, 2.75) is 36.2 Å². The normalized spacial score (nSPS) is 18.6. The number of piperidine rings is 1. The van der Waals surface area contributed by atoms with Gasteiger partial charge in [0.15, 0.2) is 5.82 Å². The number of benzene rings is 2. The van der Waals surface area contributed by atoms with Crippen LogP contribution in [0.2, 0.25) is 5.02 Å². The van der Waals surface area contributed by atoms with Gasteiger partial charge in [0.2, 0.25) is 0 Å². The molecule has 9 nitrogen and oxygen atoms in total. The lowest BCUT2D eigenvalue weighted by atomic mass is 9.94. The molecule has 6 rings (SSSR count). The number of nitrogens with zero attached hydrogens (tertiary/aromatic N) is 6. The van der Waals surface area contributed by atoms with Crippen LogP contribution in [0.15, 0.2) is 71.8 Å². The monoisotopic (exact) mass is 550 g/mol. The maximum Gasteiger partial charge on any atom is 0.294 e. The fraction of sp³-hybridized carbons (Fsp3) is 0.296. The first kappa shape index (κ1) is 25.0. The second kappa shape index (κ2) is 9.77. The van der Waals surface area contributed by atoms with Gasteiger partial charge in [0, 0.05) is 30.2 Å². The summed E-state index contributed by atoms with van der Waals surface area (Å²) in [7, 11) is -2.38. The minimum Gasteiger partial charge on any atom is -0.357 e. The van der Waals surface area contributed by atoms with Crippen molar-refractivity contribution in [3.8, 4) is 5.69 Å². The summed E-state index contributed by atoms with van der Waals surface area (Å²) in [6.45, 7) is 2.25. The number of aromatic nitrogens is 4. The first-order valence-corrected chi connectivity index (χ1v) is 14.3. The van der Waals surface area contributed by atoms with Crippen LogP contribution in [-0.2, 0) is 16.7 Å². The van der Waals surface area contributed by atoms with Gasteiger partial charge in [0.05, 0.1) is 23.2 Å². The highest BCUT2D eigenvalue weighted by molar-refractivity contribution is 7.85. The number of halogens is 1. The van der Waals surface area contributed by atoms with Gasteiger partial charge in [-0.3, -0.25) is 14.0 Å². The second-order valence-electron chi connectivity index (χ2n) is 9.83. The molecule has 196 valence electrons. The zero-order valence-electron chi connectivity index (χ0n) is 20.8. The largest absolute Gasteiger partial charge is 0.357 e. The van der Waals surface area contributed by atoms with Crippen molar-refractivity contribution in [2.75, 3.05) is 25.0 Å². The van der Waals surface area contributed by atoms with E-state index in [9.17, 15) is 13.0 Å². The summed E-state index contributed by atoms with van der Waals surface area (Å²) < 4.78 is 35.6. The van der Waals surface area contributed by atoms with Crippen LogP contribution < -0.4 is 4.90 Å². The maximum absolute atomic E-state index is 11.9. The zero-order valence-corrected chi connectivity index (χ0v) is 22.3. The molecule has 4 heterocycles. The molecular weight excluding hydrogens is 524 g/mol. The minimum absolute atomic E-state index is 0.143. The summed E-state index contributed by atoms with van der Waals surface area (Å²) in [4.78, 5) is 8.75. The van der Waals surface area contributed by atoms with E-state index in [0.29, 0.717) is 11.6 Å². The Kier molecular flexibility index (Phi) is 6.43. The highest BCUT2D eigenvalue weighted by atomic mass is 35.5. The van der Waals surface area contributed by atoms with Crippen LogP contribution in [0.25, 0.3) is 5.69 Å². The van der Waals surface area contributed by atoms with Crippen LogP contribution in [-0.4, -0.2) is 57.8 Å². The van der Waals surface area contributed by atoms with Crippen molar-refractivity contribution in [2.24, 2.45) is 0 Å². The standard InChI is InChI=1S/C27H27ClN6O3S/c1-32-17-25-30-31-27(18-10-13-33(14-11-18)24-7-2-3-12-29-24)34(25)23-9-8-20(28)16-22(23)26(32)19-5-4-6-21(15-19)38(35,36)37/h2-9,12,15-16,18,26H,10-11,13-14,17H2,1H3,(H,35,36,37). The first-order chi connectivity index (χ1) is 18.3. The third-order valence-electron chi connectivity index (χ3n) is 7.42. The smallest absolute Gasteiger partial charge is 0.294 e. The second-order valence-corrected chi connectivity index (χ2v) is 11.7. The molecule has 0 radical (unpaired) electrons. The molecule has 2 aromatic carbocycles. The van der Waals surface area contributed by atoms with E-state index in [0.717, 1.165) is 60.2 Å². The highest BCUT2D eigenvalue weighted by Gasteiger charge is 2.34. The Morgan fingerprint density at radius 3 is 2.55 bits per heavy atom. The SMILES string of the molecule is CN1Cc2nnc(C3CCN(c4ccccn4)CC3)n2-c2ccc(Cl)cc2C1c1cccc(S(=O)(=O)O)c1. The predicted molar refractivity (Wildman–Crippen MR) is 144 cm³/mol. The molecule has 1 atom stereocenters. The van der Waals surface area contributed by atoms with Gasteiger partial charge in [-0.1, -0.05) is 29.8 Å². The van der Waals surface area contributed by atoms with Crippen LogP contribution in [0.5, 0.6) is 0 Å². The van der Waals surface area contributed by atoms with Crippen LogP contribution in [0, 0.1) is 0 Å². The molecule has 38 heavy (non-hydrogen) atoms. The summed E-state index contributed by atoms with van der Waals surface area (Å²) in [6.07, 6.45) is 3.67. The molecule has 0 spiro atoms. The van der Waals surface area contributed by atoms with Gasteiger partial charge in [-0.2, -0.15) is 8.42 Å². The fourth-order valence-corrected chi connectivity index (χ4v) is 6.36. The van der Waals surface area contributed by atoms with Gasteiger partial charge >= 0.3 is 0 Å². The average molecular weight is 551 g/mol. The maximum atomic E-state index is 11.9. The van der Waals surface area contributed by atoms with E-state index in [-0.39, 0.29) is 16.9 Å². The summed E-state index contributed by atoms with van der Waals surface area (Å²) in [5.74, 6) is 2.95. The van der Waals surface area contributed by atoms with Crippen molar-refractivity contribution in [3.05, 3.63) is 94.7 Å². The van der Waals surface area contributed by atoms with Crippen molar-refractivity contribution in [1.82, 2.24) is 24.6 Å². The third kappa shape index (κ3) is 4.58. The Bertz CT molecular complexity index is 1590. The van der Waals surface area contributed by atoms with Gasteiger partial charge in [0.25, 0.3) is 10.1 Å². The summed E-state index contributed by atoms with van der Waals surface area (Å²) in [6, 6.07) is 17.8. The lowest BCUT2D eigenvalue weighted by molar-refractivity contribution is 0.268. The lowest BCUT2D eigenvalue weighted by Gasteiger charge is -2.32. The topological polar surface area (TPSA) is 104 Å². The van der Waals surface area contributed by atoms with E-state index in [2.05, 4.69) is 29.5 Å². The van der Waals surface area contributed by atoms with Gasteiger partial charge in [-0.05, 0) is 73.5 Å². The minimum atomic E-state index is -4.35. The zero-order chi connectivity index (χ0) is 26.4. The Morgan fingerprint density at radius 2 is 1.82 bits per heavy atom. The molecule has 1 saturated heterocycles. The van der Waals surface area contributed by atoms with Gasteiger partial charge in [-0.15, -0.1) is 10.2 Å². The Labute approximate surface area is 226 Å².